The summed E-state index contributed by atoms with van der Waals surface area (Å²) in [7, 11) is 0. The molecule has 0 radical (unpaired) electrons. The molecule has 0 aliphatic heterocycles. The van der Waals surface area contributed by atoms with Gasteiger partial charge in [-0.15, -0.1) is 0 Å². The van der Waals surface area contributed by atoms with E-state index in [0.717, 1.165) is 16.6 Å². The number of aromatic amines is 1. The normalized spacial score (nSPS) is 12.1. The van der Waals surface area contributed by atoms with E-state index in [1.807, 2.05) is 39.0 Å². The van der Waals surface area contributed by atoms with Gasteiger partial charge in [0.05, 0.1) is 16.6 Å². The van der Waals surface area contributed by atoms with Gasteiger partial charge in [0, 0.05) is 11.5 Å². The first-order chi connectivity index (χ1) is 8.79. The molecule has 0 saturated carbocycles. The molecule has 0 fully saturated rings. The van der Waals surface area contributed by atoms with Gasteiger partial charge in [-0.1, -0.05) is 13.8 Å². The number of nitrogens with zero attached hydrogens (tertiary/aromatic N) is 1. The fourth-order valence-electron chi connectivity index (χ4n) is 1.78. The van der Waals surface area contributed by atoms with Crippen molar-refractivity contribution in [2.75, 3.05) is 0 Å². The van der Waals surface area contributed by atoms with Gasteiger partial charge in [-0.2, -0.15) is 5.10 Å². The maximum atomic E-state index is 11.8. The zero-order valence-corrected chi connectivity index (χ0v) is 12.1. The number of fused-ring (bicyclic) bond motifs is 1. The average Bonchev–Trinajstić information content (AvgIpc) is 2.70. The van der Waals surface area contributed by atoms with Crippen molar-refractivity contribution in [3.8, 4) is 5.75 Å². The highest BCUT2D eigenvalue weighted by atomic mass is 16.5. The predicted octanol–water partition coefficient (Wildman–Crippen LogP) is 3.64. The molecule has 0 amide bonds. The summed E-state index contributed by atoms with van der Waals surface area (Å²) in [6.45, 7) is 9.70. The first-order valence-corrected chi connectivity index (χ1v) is 6.49. The number of benzene rings is 1. The molecule has 102 valence electrons. The maximum Gasteiger partial charge on any atom is 0.316 e. The highest BCUT2D eigenvalue weighted by Crippen LogP contribution is 2.27. The van der Waals surface area contributed by atoms with Crippen LogP contribution in [0.5, 0.6) is 5.75 Å². The Morgan fingerprint density at radius 1 is 1.32 bits per heavy atom. The molecular weight excluding hydrogens is 240 g/mol. The van der Waals surface area contributed by atoms with Gasteiger partial charge >= 0.3 is 5.97 Å². The first-order valence-electron chi connectivity index (χ1n) is 6.49. The fourth-order valence-corrected chi connectivity index (χ4v) is 1.78. The van der Waals surface area contributed by atoms with E-state index in [1.54, 1.807) is 0 Å². The average molecular weight is 260 g/mol. The van der Waals surface area contributed by atoms with Gasteiger partial charge in [0.15, 0.2) is 0 Å². The Kier molecular flexibility index (Phi) is 3.35. The van der Waals surface area contributed by atoms with Crippen LogP contribution in [0.4, 0.5) is 0 Å². The molecule has 0 saturated heterocycles. The van der Waals surface area contributed by atoms with Crippen molar-refractivity contribution >= 4 is 16.9 Å². The van der Waals surface area contributed by atoms with Crippen molar-refractivity contribution in [1.82, 2.24) is 10.2 Å². The lowest BCUT2D eigenvalue weighted by Crippen LogP contribution is -2.25. The van der Waals surface area contributed by atoms with Crippen molar-refractivity contribution in [2.24, 2.45) is 5.41 Å². The molecule has 0 unspecified atom stereocenters. The number of nitrogens with one attached hydrogen (secondary N) is 1. The van der Waals surface area contributed by atoms with E-state index in [1.165, 1.54) is 0 Å². The second-order valence-electron chi connectivity index (χ2n) is 6.11. The molecule has 0 spiro atoms. The Hall–Kier alpha value is -1.84. The second kappa shape index (κ2) is 4.68. The van der Waals surface area contributed by atoms with Gasteiger partial charge in [0.2, 0.25) is 0 Å². The summed E-state index contributed by atoms with van der Waals surface area (Å²) >= 11 is 0. The number of esters is 1. The van der Waals surface area contributed by atoms with Gasteiger partial charge < -0.3 is 4.74 Å². The molecule has 1 aromatic carbocycles. The monoisotopic (exact) mass is 260 g/mol. The van der Waals surface area contributed by atoms with E-state index < -0.39 is 5.41 Å². The van der Waals surface area contributed by atoms with Crippen LogP contribution in [0.2, 0.25) is 0 Å². The van der Waals surface area contributed by atoms with Gasteiger partial charge in [-0.25, -0.2) is 0 Å². The van der Waals surface area contributed by atoms with E-state index in [2.05, 4.69) is 24.0 Å². The Morgan fingerprint density at radius 2 is 2.00 bits per heavy atom. The molecule has 2 rings (SSSR count). The van der Waals surface area contributed by atoms with Crippen LogP contribution in [0.3, 0.4) is 0 Å². The summed E-state index contributed by atoms with van der Waals surface area (Å²) in [5, 5.41) is 8.35. The number of hydrogen-bond donors (Lipinski definition) is 1. The predicted molar refractivity (Wildman–Crippen MR) is 75.3 cm³/mol. The van der Waals surface area contributed by atoms with Crippen molar-refractivity contribution < 1.29 is 9.53 Å². The van der Waals surface area contributed by atoms with Crippen molar-refractivity contribution in [3.63, 3.8) is 0 Å². The third kappa shape index (κ3) is 2.78. The number of hydrogen-bond acceptors (Lipinski definition) is 3. The molecule has 1 aromatic heterocycles. The summed E-state index contributed by atoms with van der Waals surface area (Å²) in [5.74, 6) is 0.665. The lowest BCUT2D eigenvalue weighted by atomic mass is 9.97. The molecule has 0 aliphatic rings. The van der Waals surface area contributed by atoms with Crippen molar-refractivity contribution in [3.05, 3.63) is 23.9 Å². The highest BCUT2D eigenvalue weighted by Gasteiger charge is 2.24. The summed E-state index contributed by atoms with van der Waals surface area (Å²) in [6, 6.07) is 5.57. The molecular formula is C15H20N2O2. The minimum atomic E-state index is -0.508. The Labute approximate surface area is 113 Å². The summed E-state index contributed by atoms with van der Waals surface area (Å²) in [5.41, 5.74) is 1.41. The number of ether oxygens (including phenoxy) is 1. The molecule has 4 heteroatoms. The van der Waals surface area contributed by atoms with Crippen molar-refractivity contribution in [1.29, 1.82) is 0 Å². The molecule has 1 N–H and O–H groups in total. The molecule has 0 bridgehead atoms. The molecule has 0 aliphatic carbocycles. The SMILES string of the molecule is CC(C)c1n[nH]c2cc(OC(=O)C(C)(C)C)ccc12. The number of aromatic nitrogens is 2. The van der Waals surface area contributed by atoms with Crippen LogP contribution in [0.1, 0.15) is 46.2 Å². The van der Waals surface area contributed by atoms with Gasteiger partial charge in [0.25, 0.3) is 0 Å². The third-order valence-electron chi connectivity index (χ3n) is 2.93. The fraction of sp³-hybridized carbons (Fsp3) is 0.467. The standard InChI is InChI=1S/C15H20N2O2/c1-9(2)13-11-7-6-10(8-12(11)16-17-13)19-14(18)15(3,4)5/h6-9H,1-5H3,(H,16,17). The quantitative estimate of drug-likeness (QED) is 0.662. The van der Waals surface area contributed by atoms with Crippen LogP contribution in [0, 0.1) is 5.41 Å². The zero-order chi connectivity index (χ0) is 14.2. The van der Waals surface area contributed by atoms with E-state index in [9.17, 15) is 4.79 Å². The second-order valence-corrected chi connectivity index (χ2v) is 6.11. The van der Waals surface area contributed by atoms with Crippen LogP contribution in [-0.4, -0.2) is 16.2 Å². The van der Waals surface area contributed by atoms with Crippen molar-refractivity contribution in [2.45, 2.75) is 40.5 Å². The molecule has 2 aromatic rings. The van der Waals surface area contributed by atoms with Gasteiger partial charge in [0.1, 0.15) is 5.75 Å². The van der Waals surface area contributed by atoms with E-state index in [4.69, 9.17) is 4.74 Å². The molecule has 1 heterocycles. The Bertz CT molecular complexity index is 606. The summed E-state index contributed by atoms with van der Waals surface area (Å²) in [4.78, 5) is 11.8. The van der Waals surface area contributed by atoms with Crippen LogP contribution in [-0.2, 0) is 4.79 Å². The van der Waals surface area contributed by atoms with Gasteiger partial charge in [-0.05, 0) is 38.8 Å². The lowest BCUT2D eigenvalue weighted by Gasteiger charge is -2.16. The van der Waals surface area contributed by atoms with Crippen LogP contribution in [0.15, 0.2) is 18.2 Å². The smallest absolute Gasteiger partial charge is 0.316 e. The van der Waals surface area contributed by atoms with Crippen LogP contribution < -0.4 is 4.74 Å². The largest absolute Gasteiger partial charge is 0.426 e. The number of carbonyl (C=O) groups is 1. The summed E-state index contributed by atoms with van der Waals surface area (Å²) in [6.07, 6.45) is 0. The third-order valence-corrected chi connectivity index (χ3v) is 2.93. The van der Waals surface area contributed by atoms with E-state index >= 15 is 0 Å². The first kappa shape index (κ1) is 13.6. The number of carbonyl (C=O) groups excluding carboxylic acids is 1. The lowest BCUT2D eigenvalue weighted by molar-refractivity contribution is -0.142. The van der Waals surface area contributed by atoms with E-state index in [0.29, 0.717) is 11.7 Å². The van der Waals surface area contributed by atoms with Crippen LogP contribution >= 0.6 is 0 Å². The highest BCUT2D eigenvalue weighted by molar-refractivity contribution is 5.84. The Balaban J connectivity index is 2.31. The maximum absolute atomic E-state index is 11.8. The van der Waals surface area contributed by atoms with Crippen LogP contribution in [0.25, 0.3) is 10.9 Å². The molecule has 4 nitrogen and oxygen atoms in total. The topological polar surface area (TPSA) is 55.0 Å². The van der Waals surface area contributed by atoms with E-state index in [-0.39, 0.29) is 5.97 Å². The summed E-state index contributed by atoms with van der Waals surface area (Å²) < 4.78 is 5.37. The zero-order valence-electron chi connectivity index (χ0n) is 12.1. The molecule has 19 heavy (non-hydrogen) atoms. The minimum absolute atomic E-state index is 0.240. The minimum Gasteiger partial charge on any atom is -0.426 e. The number of rotatable bonds is 2. The number of H-pyrrole nitrogens is 1. The van der Waals surface area contributed by atoms with Gasteiger partial charge in [-0.3, -0.25) is 9.89 Å². The molecule has 0 atom stereocenters. The Morgan fingerprint density at radius 3 is 2.58 bits per heavy atom.